The lowest BCUT2D eigenvalue weighted by atomic mass is 10.6. The molecule has 1 nitrogen and oxygen atoms in total. The Kier molecular flexibility index (Phi) is 5.45. The zero-order valence-electron chi connectivity index (χ0n) is 5.27. The van der Waals surface area contributed by atoms with E-state index in [1.54, 1.807) is 4.90 Å². The van der Waals surface area contributed by atoms with Gasteiger partial charge in [0.2, 0.25) is 0 Å². The first-order valence-corrected chi connectivity index (χ1v) is 4.16. The third-order valence-corrected chi connectivity index (χ3v) is 2.09. The summed E-state index contributed by atoms with van der Waals surface area (Å²) in [4.78, 5) is 1.56. The third kappa shape index (κ3) is 3.06. The number of hydrogen-bond donors (Lipinski definition) is 0. The summed E-state index contributed by atoms with van der Waals surface area (Å²) in [6, 6.07) is 0. The molecule has 0 bridgehead atoms. The maximum Gasteiger partial charge on any atom is 0.142 e. The summed E-state index contributed by atoms with van der Waals surface area (Å²) in [5.41, 5.74) is 1.40. The molecular formula is C5H6Cl3NS. The van der Waals surface area contributed by atoms with Gasteiger partial charge in [0, 0.05) is 6.54 Å². The minimum absolute atomic E-state index is 0.0321. The van der Waals surface area contributed by atoms with Gasteiger partial charge in [-0.15, -0.1) is 0 Å². The molecule has 58 valence electrons. The molecule has 0 fully saturated rings. The molecule has 5 heteroatoms. The number of hydrogen-bond acceptors (Lipinski definition) is 1. The second-order valence-corrected chi connectivity index (χ2v) is 2.96. The molecule has 0 saturated heterocycles. The molecule has 10 heavy (non-hydrogen) atoms. The van der Waals surface area contributed by atoms with Crippen molar-refractivity contribution in [3.05, 3.63) is 9.65 Å². The van der Waals surface area contributed by atoms with Crippen LogP contribution in [0, 0.1) is 0 Å². The van der Waals surface area contributed by atoms with Gasteiger partial charge in [-0.3, -0.25) is 0 Å². The van der Waals surface area contributed by atoms with Crippen molar-refractivity contribution in [2.24, 2.45) is 0 Å². The molecule has 0 rings (SSSR count). The molecule has 0 unspecified atom stereocenters. The summed E-state index contributed by atoms with van der Waals surface area (Å²) >= 11 is 21.0. The van der Waals surface area contributed by atoms with E-state index in [1.807, 2.05) is 6.92 Å². The Balaban J connectivity index is 4.29. The highest BCUT2D eigenvalue weighted by Gasteiger charge is 2.04. The van der Waals surface area contributed by atoms with E-state index in [2.05, 4.69) is 12.2 Å². The van der Waals surface area contributed by atoms with Crippen LogP contribution in [0.4, 0.5) is 0 Å². The van der Waals surface area contributed by atoms with E-state index in [0.717, 1.165) is 0 Å². The SMILES string of the molecule is CCN(C=S)C(Cl)=C(Cl)Cl. The van der Waals surface area contributed by atoms with Crippen LogP contribution in [0.1, 0.15) is 6.92 Å². The molecule has 0 radical (unpaired) electrons. The quantitative estimate of drug-likeness (QED) is 0.529. The molecule has 0 aliphatic heterocycles. The molecule has 0 saturated carbocycles. The average molecular weight is 219 g/mol. The van der Waals surface area contributed by atoms with Crippen LogP contribution in [0.25, 0.3) is 0 Å². The molecular weight excluding hydrogens is 212 g/mol. The first-order valence-electron chi connectivity index (χ1n) is 2.56. The fraction of sp³-hybridized carbons (Fsp3) is 0.400. The Morgan fingerprint density at radius 1 is 1.50 bits per heavy atom. The van der Waals surface area contributed by atoms with Crippen LogP contribution in [0.5, 0.6) is 0 Å². The van der Waals surface area contributed by atoms with Gasteiger partial charge in [-0.1, -0.05) is 47.0 Å². The van der Waals surface area contributed by atoms with Crippen LogP contribution in [0.15, 0.2) is 9.65 Å². The fourth-order valence-electron chi connectivity index (χ4n) is 0.368. The number of rotatable bonds is 3. The summed E-state index contributed by atoms with van der Waals surface area (Å²) in [7, 11) is 0. The van der Waals surface area contributed by atoms with Gasteiger partial charge in [-0.25, -0.2) is 0 Å². The average Bonchev–Trinajstić information content (AvgIpc) is 1.90. The summed E-state index contributed by atoms with van der Waals surface area (Å²) in [5.74, 6) is 0. The van der Waals surface area contributed by atoms with Gasteiger partial charge in [-0.2, -0.15) is 0 Å². The van der Waals surface area contributed by atoms with Gasteiger partial charge in [0.05, 0.1) is 5.49 Å². The summed E-state index contributed by atoms with van der Waals surface area (Å²) in [6.45, 7) is 2.55. The van der Waals surface area contributed by atoms with Crippen molar-refractivity contribution in [2.75, 3.05) is 6.54 Å². The van der Waals surface area contributed by atoms with Crippen molar-refractivity contribution < 1.29 is 0 Å². The van der Waals surface area contributed by atoms with E-state index in [-0.39, 0.29) is 9.65 Å². The Labute approximate surface area is 80.5 Å². The minimum Gasteiger partial charge on any atom is -0.328 e. The van der Waals surface area contributed by atoms with Gasteiger partial charge < -0.3 is 4.90 Å². The smallest absolute Gasteiger partial charge is 0.142 e. The number of halogens is 3. The Morgan fingerprint density at radius 2 is 2.00 bits per heavy atom. The maximum absolute atomic E-state index is 5.63. The van der Waals surface area contributed by atoms with E-state index >= 15 is 0 Å². The predicted octanol–water partition coefficient (Wildman–Crippen LogP) is 3.11. The van der Waals surface area contributed by atoms with E-state index in [9.17, 15) is 0 Å². The van der Waals surface area contributed by atoms with E-state index in [4.69, 9.17) is 34.8 Å². The summed E-state index contributed by atoms with van der Waals surface area (Å²) in [6.07, 6.45) is 0. The molecule has 0 aliphatic carbocycles. The van der Waals surface area contributed by atoms with Crippen molar-refractivity contribution in [3.63, 3.8) is 0 Å². The zero-order chi connectivity index (χ0) is 8.15. The van der Waals surface area contributed by atoms with Gasteiger partial charge in [0.1, 0.15) is 9.65 Å². The third-order valence-electron chi connectivity index (χ3n) is 0.876. The minimum atomic E-state index is 0.0321. The van der Waals surface area contributed by atoms with Crippen LogP contribution in [-0.2, 0) is 0 Å². The van der Waals surface area contributed by atoms with Gasteiger partial charge in [0.15, 0.2) is 0 Å². The lowest BCUT2D eigenvalue weighted by Crippen LogP contribution is -2.16. The standard InChI is InChI=1S/C5H6Cl3NS/c1-2-9(3-10)5(8)4(6)7/h3H,2H2,1H3. The Bertz CT molecular complexity index is 153. The highest BCUT2D eigenvalue weighted by Crippen LogP contribution is 2.20. The summed E-state index contributed by atoms with van der Waals surface area (Å²) in [5, 5.41) is 0.265. The van der Waals surface area contributed by atoms with Crippen molar-refractivity contribution in [2.45, 2.75) is 6.92 Å². The number of thiocarbonyl (C=S) groups is 1. The van der Waals surface area contributed by atoms with Crippen LogP contribution < -0.4 is 0 Å². The second-order valence-electron chi connectivity index (χ2n) is 1.44. The molecule has 0 amide bonds. The van der Waals surface area contributed by atoms with Gasteiger partial charge >= 0.3 is 0 Å². The molecule has 0 aliphatic rings. The monoisotopic (exact) mass is 217 g/mol. The fourth-order valence-corrected chi connectivity index (χ4v) is 1.07. The zero-order valence-corrected chi connectivity index (χ0v) is 8.36. The second kappa shape index (κ2) is 5.19. The highest BCUT2D eigenvalue weighted by molar-refractivity contribution is 7.78. The molecule has 0 spiro atoms. The Morgan fingerprint density at radius 3 is 2.10 bits per heavy atom. The van der Waals surface area contributed by atoms with Gasteiger partial charge in [0.25, 0.3) is 0 Å². The highest BCUT2D eigenvalue weighted by atomic mass is 35.5. The largest absolute Gasteiger partial charge is 0.328 e. The molecule has 0 aromatic carbocycles. The van der Waals surface area contributed by atoms with Crippen LogP contribution in [0.3, 0.4) is 0 Å². The van der Waals surface area contributed by atoms with Gasteiger partial charge in [-0.05, 0) is 6.92 Å². The van der Waals surface area contributed by atoms with E-state index < -0.39 is 0 Å². The maximum atomic E-state index is 5.63. The lowest BCUT2D eigenvalue weighted by Gasteiger charge is -2.14. The molecule has 0 aromatic heterocycles. The van der Waals surface area contributed by atoms with E-state index in [0.29, 0.717) is 6.54 Å². The van der Waals surface area contributed by atoms with Crippen molar-refractivity contribution in [3.8, 4) is 0 Å². The van der Waals surface area contributed by atoms with Crippen LogP contribution in [-0.4, -0.2) is 16.9 Å². The lowest BCUT2D eigenvalue weighted by molar-refractivity contribution is 0.600. The van der Waals surface area contributed by atoms with Crippen LogP contribution >= 0.6 is 47.0 Å². The number of nitrogens with zero attached hydrogens (tertiary/aromatic N) is 1. The van der Waals surface area contributed by atoms with E-state index in [1.165, 1.54) is 5.49 Å². The molecule has 0 N–H and O–H groups in total. The first-order chi connectivity index (χ1) is 4.63. The molecule has 0 heterocycles. The van der Waals surface area contributed by atoms with Crippen molar-refractivity contribution in [1.82, 2.24) is 4.90 Å². The molecule has 0 aromatic rings. The van der Waals surface area contributed by atoms with Crippen molar-refractivity contribution >= 4 is 52.5 Å². The molecule has 0 atom stereocenters. The predicted molar refractivity (Wildman–Crippen MR) is 50.6 cm³/mol. The first kappa shape index (κ1) is 10.5. The Hall–Kier alpha value is 0.500. The van der Waals surface area contributed by atoms with Crippen molar-refractivity contribution in [1.29, 1.82) is 0 Å². The summed E-state index contributed by atoms with van der Waals surface area (Å²) < 4.78 is 0.0321. The topological polar surface area (TPSA) is 3.24 Å². The van der Waals surface area contributed by atoms with Crippen LogP contribution in [0.2, 0.25) is 0 Å². The normalized spacial score (nSPS) is 8.80.